The zero-order valence-corrected chi connectivity index (χ0v) is 21.7. The number of hydrogen-bond donors (Lipinski definition) is 5. The van der Waals surface area contributed by atoms with Gasteiger partial charge in [-0.1, -0.05) is 59.4 Å². The molecule has 11 nitrogen and oxygen atoms in total. The van der Waals surface area contributed by atoms with E-state index in [-0.39, 0.29) is 16.4 Å². The molecule has 14 heteroatoms. The number of aryl methyl sites for hydroxylation is 1. The SMILES string of the molecule is Cc1ccc(S(=O)(=O)NC(=O)N[C@@H](Cc2ccccc2)C(=O)N[C@@H](C)C(=O)Nc2n[nH]c(=S)s2)cc1. The van der Waals surface area contributed by atoms with Crippen LogP contribution in [0.5, 0.6) is 0 Å². The summed E-state index contributed by atoms with van der Waals surface area (Å²) in [6.45, 7) is 3.26. The lowest BCUT2D eigenvalue weighted by Gasteiger charge is -2.21. The Labute approximate surface area is 216 Å². The third-order valence-electron chi connectivity index (χ3n) is 4.88. The molecule has 0 saturated carbocycles. The summed E-state index contributed by atoms with van der Waals surface area (Å²) in [5.74, 6) is -1.23. The quantitative estimate of drug-likeness (QED) is 0.256. The molecule has 4 amide bonds. The summed E-state index contributed by atoms with van der Waals surface area (Å²) in [6, 6.07) is 11.5. The molecule has 0 radical (unpaired) electrons. The van der Waals surface area contributed by atoms with Crippen molar-refractivity contribution in [3.8, 4) is 0 Å². The molecule has 0 spiro atoms. The lowest BCUT2D eigenvalue weighted by Crippen LogP contribution is -2.54. The second-order valence-corrected chi connectivity index (χ2v) is 11.1. The van der Waals surface area contributed by atoms with Gasteiger partial charge in [0.1, 0.15) is 12.1 Å². The second kappa shape index (κ2) is 11.9. The van der Waals surface area contributed by atoms with Gasteiger partial charge in [0.15, 0.2) is 3.95 Å². The number of nitrogens with zero attached hydrogens (tertiary/aromatic N) is 1. The Kier molecular flexibility index (Phi) is 8.90. The van der Waals surface area contributed by atoms with Crippen LogP contribution in [0.15, 0.2) is 59.5 Å². The highest BCUT2D eigenvalue weighted by molar-refractivity contribution is 7.90. The Morgan fingerprint density at radius 3 is 2.31 bits per heavy atom. The summed E-state index contributed by atoms with van der Waals surface area (Å²) in [5, 5.41) is 14.1. The predicted octanol–water partition coefficient (Wildman–Crippen LogP) is 2.25. The van der Waals surface area contributed by atoms with Crippen LogP contribution in [0.3, 0.4) is 0 Å². The standard InChI is InChI=1S/C22H24N6O5S3/c1-13-8-10-16(11-9-13)36(32,33)28-20(31)24-17(12-15-6-4-3-5-7-15)19(30)23-14(2)18(29)25-21-26-27-22(34)35-21/h3-11,14,17H,12H2,1-2H3,(H,23,30)(H,27,34)(H2,24,28,31)(H,25,26,29)/t14-,17-/m0/s1. The van der Waals surface area contributed by atoms with Crippen molar-refractivity contribution in [1.29, 1.82) is 0 Å². The van der Waals surface area contributed by atoms with Gasteiger partial charge in [-0.25, -0.2) is 17.9 Å². The maximum atomic E-state index is 13.0. The molecule has 0 fully saturated rings. The molecule has 1 heterocycles. The molecular formula is C22H24N6O5S3. The number of aromatic nitrogens is 2. The molecule has 0 bridgehead atoms. The van der Waals surface area contributed by atoms with Crippen molar-refractivity contribution in [2.24, 2.45) is 0 Å². The van der Waals surface area contributed by atoms with Gasteiger partial charge in [0.2, 0.25) is 16.9 Å². The fourth-order valence-electron chi connectivity index (χ4n) is 3.02. The number of benzene rings is 2. The van der Waals surface area contributed by atoms with Crippen molar-refractivity contribution >= 4 is 56.6 Å². The van der Waals surface area contributed by atoms with E-state index in [0.29, 0.717) is 9.52 Å². The van der Waals surface area contributed by atoms with Crippen LogP contribution in [-0.4, -0.2) is 48.5 Å². The summed E-state index contributed by atoms with van der Waals surface area (Å²) in [6.07, 6.45) is 0.0553. The van der Waals surface area contributed by atoms with Gasteiger partial charge in [0, 0.05) is 6.42 Å². The van der Waals surface area contributed by atoms with Crippen molar-refractivity contribution in [3.05, 3.63) is 69.7 Å². The van der Waals surface area contributed by atoms with Crippen molar-refractivity contribution < 1.29 is 22.8 Å². The number of nitrogens with one attached hydrogen (secondary N) is 5. The van der Waals surface area contributed by atoms with Crippen molar-refractivity contribution in [3.63, 3.8) is 0 Å². The molecule has 0 unspecified atom stereocenters. The summed E-state index contributed by atoms with van der Waals surface area (Å²) < 4.78 is 27.4. The number of H-pyrrole nitrogens is 1. The number of sulfonamides is 1. The van der Waals surface area contributed by atoms with E-state index in [4.69, 9.17) is 12.2 Å². The monoisotopic (exact) mass is 548 g/mol. The average Bonchev–Trinajstić information content (AvgIpc) is 3.23. The molecule has 36 heavy (non-hydrogen) atoms. The van der Waals surface area contributed by atoms with Crippen LogP contribution in [0.25, 0.3) is 0 Å². The number of aromatic amines is 1. The van der Waals surface area contributed by atoms with Gasteiger partial charge in [-0.05, 0) is 43.8 Å². The number of carbonyl (C=O) groups excluding carboxylic acids is 3. The molecule has 5 N–H and O–H groups in total. The minimum absolute atomic E-state index is 0.0553. The van der Waals surface area contributed by atoms with Gasteiger partial charge >= 0.3 is 6.03 Å². The van der Waals surface area contributed by atoms with E-state index in [1.54, 1.807) is 49.4 Å². The van der Waals surface area contributed by atoms with E-state index < -0.39 is 40.0 Å². The lowest BCUT2D eigenvalue weighted by atomic mass is 10.1. The van der Waals surface area contributed by atoms with Crippen LogP contribution >= 0.6 is 23.6 Å². The predicted molar refractivity (Wildman–Crippen MR) is 137 cm³/mol. The Morgan fingerprint density at radius 1 is 1.03 bits per heavy atom. The van der Waals surface area contributed by atoms with Crippen molar-refractivity contribution in [2.45, 2.75) is 37.2 Å². The largest absolute Gasteiger partial charge is 0.343 e. The van der Waals surface area contributed by atoms with E-state index in [1.165, 1.54) is 19.1 Å². The van der Waals surface area contributed by atoms with E-state index in [0.717, 1.165) is 16.9 Å². The topological polar surface area (TPSA) is 162 Å². The van der Waals surface area contributed by atoms with Gasteiger partial charge in [-0.2, -0.15) is 0 Å². The van der Waals surface area contributed by atoms with Gasteiger partial charge in [0.25, 0.3) is 10.0 Å². The minimum Gasteiger partial charge on any atom is -0.343 e. The highest BCUT2D eigenvalue weighted by atomic mass is 32.2. The first-order chi connectivity index (χ1) is 17.0. The number of hydrogen-bond acceptors (Lipinski definition) is 8. The van der Waals surface area contributed by atoms with Gasteiger partial charge in [0.05, 0.1) is 4.90 Å². The highest BCUT2D eigenvalue weighted by Crippen LogP contribution is 2.12. The normalized spacial score (nSPS) is 12.7. The van der Waals surface area contributed by atoms with Crippen LogP contribution in [0.1, 0.15) is 18.1 Å². The molecule has 0 aliphatic heterocycles. The van der Waals surface area contributed by atoms with E-state index >= 15 is 0 Å². The molecule has 2 atom stereocenters. The van der Waals surface area contributed by atoms with E-state index in [9.17, 15) is 22.8 Å². The van der Waals surface area contributed by atoms with Gasteiger partial charge < -0.3 is 10.6 Å². The van der Waals surface area contributed by atoms with Crippen molar-refractivity contribution in [2.75, 3.05) is 5.32 Å². The van der Waals surface area contributed by atoms with Gasteiger partial charge in [-0.15, -0.1) is 5.10 Å². The fourth-order valence-corrected chi connectivity index (χ4v) is 4.73. The zero-order chi connectivity index (χ0) is 26.3. The van der Waals surface area contributed by atoms with Crippen LogP contribution in [0.2, 0.25) is 0 Å². The van der Waals surface area contributed by atoms with Gasteiger partial charge in [-0.3, -0.25) is 20.0 Å². The summed E-state index contributed by atoms with van der Waals surface area (Å²) in [5.41, 5.74) is 1.57. The summed E-state index contributed by atoms with van der Waals surface area (Å²) >= 11 is 5.98. The number of anilines is 1. The lowest BCUT2D eigenvalue weighted by molar-refractivity contribution is -0.127. The smallest absolute Gasteiger partial charge is 0.329 e. The fraction of sp³-hybridized carbons (Fsp3) is 0.227. The zero-order valence-electron chi connectivity index (χ0n) is 19.3. The van der Waals surface area contributed by atoms with E-state index in [1.807, 2.05) is 4.72 Å². The third kappa shape index (κ3) is 7.69. The molecule has 0 saturated heterocycles. The Morgan fingerprint density at radius 2 is 1.69 bits per heavy atom. The Balaban J connectivity index is 1.70. The van der Waals surface area contributed by atoms with Crippen LogP contribution in [0, 0.1) is 10.9 Å². The number of amides is 4. The number of urea groups is 1. The van der Waals surface area contributed by atoms with Crippen molar-refractivity contribution in [1.82, 2.24) is 25.6 Å². The van der Waals surface area contributed by atoms with Crippen LogP contribution < -0.4 is 20.7 Å². The summed E-state index contributed by atoms with van der Waals surface area (Å²) in [4.78, 5) is 37.9. The molecule has 0 aliphatic carbocycles. The Hall–Kier alpha value is -3.62. The molecular weight excluding hydrogens is 524 g/mol. The molecule has 3 aromatic rings. The second-order valence-electron chi connectivity index (χ2n) is 7.77. The first kappa shape index (κ1) is 27.0. The first-order valence-corrected chi connectivity index (χ1v) is 13.3. The maximum Gasteiger partial charge on any atom is 0.329 e. The van der Waals surface area contributed by atoms with Crippen LogP contribution in [0.4, 0.5) is 9.93 Å². The number of rotatable bonds is 9. The molecule has 0 aliphatic rings. The molecule has 3 rings (SSSR count). The average molecular weight is 549 g/mol. The Bertz CT molecular complexity index is 1390. The van der Waals surface area contributed by atoms with Crippen LogP contribution in [-0.2, 0) is 26.0 Å². The maximum absolute atomic E-state index is 13.0. The minimum atomic E-state index is -4.16. The highest BCUT2D eigenvalue weighted by Gasteiger charge is 2.27. The number of carbonyl (C=O) groups is 3. The first-order valence-electron chi connectivity index (χ1n) is 10.6. The third-order valence-corrected chi connectivity index (χ3v) is 7.23. The molecule has 1 aromatic heterocycles. The summed E-state index contributed by atoms with van der Waals surface area (Å²) in [7, 11) is -4.16. The van der Waals surface area contributed by atoms with E-state index in [2.05, 4.69) is 26.1 Å². The molecule has 2 aromatic carbocycles. The molecule has 190 valence electrons.